The summed E-state index contributed by atoms with van der Waals surface area (Å²) in [5.41, 5.74) is 7.64. The maximum Gasteiger partial charge on any atom is 0.310 e. The predicted octanol–water partition coefficient (Wildman–Crippen LogP) is 4.84. The number of ether oxygens (including phenoxy) is 1. The molecule has 4 rings (SSSR count). The van der Waals surface area contributed by atoms with E-state index in [0.29, 0.717) is 12.5 Å². The van der Waals surface area contributed by atoms with Crippen LogP contribution in [0, 0.1) is 6.92 Å². The maximum atomic E-state index is 12.0. The van der Waals surface area contributed by atoms with E-state index in [1.54, 1.807) is 0 Å². The number of benzene rings is 2. The van der Waals surface area contributed by atoms with Crippen molar-refractivity contribution in [3.05, 3.63) is 52.6 Å². The average Bonchev–Trinajstić information content (AvgIpc) is 2.66. The first-order valence-electron chi connectivity index (χ1n) is 9.83. The van der Waals surface area contributed by atoms with Crippen LogP contribution in [0.5, 0.6) is 5.75 Å². The van der Waals surface area contributed by atoms with Gasteiger partial charge in [-0.3, -0.25) is 9.69 Å². The molecule has 0 saturated carbocycles. The lowest BCUT2D eigenvalue weighted by atomic mass is 9.76. The molecule has 1 heterocycles. The maximum absolute atomic E-state index is 12.0. The highest BCUT2D eigenvalue weighted by Crippen LogP contribution is 2.49. The summed E-state index contributed by atoms with van der Waals surface area (Å²) in [6.45, 7) is 8.40. The van der Waals surface area contributed by atoms with E-state index in [9.17, 15) is 4.79 Å². The SMILES string of the molecule is CCCN1CCc2cccc3c2C1Cc1ccc(C)c(OC(=O)CC)c1-3. The number of carbonyl (C=O) groups excluding carboxylic acids is 1. The molecule has 2 aromatic rings. The Morgan fingerprint density at radius 2 is 2.04 bits per heavy atom. The zero-order valence-electron chi connectivity index (χ0n) is 16.0. The van der Waals surface area contributed by atoms with Gasteiger partial charge in [-0.15, -0.1) is 0 Å². The number of nitrogens with zero attached hydrogens (tertiary/aromatic N) is 1. The molecule has 1 aliphatic carbocycles. The average molecular weight is 349 g/mol. The molecule has 0 amide bonds. The fourth-order valence-corrected chi connectivity index (χ4v) is 4.55. The molecule has 136 valence electrons. The van der Waals surface area contributed by atoms with Gasteiger partial charge >= 0.3 is 5.97 Å². The Labute approximate surface area is 156 Å². The summed E-state index contributed by atoms with van der Waals surface area (Å²) in [7, 11) is 0. The first-order valence-corrected chi connectivity index (χ1v) is 9.83. The lowest BCUT2D eigenvalue weighted by molar-refractivity contribution is -0.134. The van der Waals surface area contributed by atoms with Crippen LogP contribution in [-0.2, 0) is 17.6 Å². The van der Waals surface area contributed by atoms with Crippen LogP contribution in [0.3, 0.4) is 0 Å². The molecule has 26 heavy (non-hydrogen) atoms. The zero-order chi connectivity index (χ0) is 18.3. The minimum absolute atomic E-state index is 0.166. The molecule has 1 atom stereocenters. The van der Waals surface area contributed by atoms with Crippen LogP contribution in [0.2, 0.25) is 0 Å². The Kier molecular flexibility index (Phi) is 4.58. The molecule has 2 aromatic carbocycles. The molecule has 0 aromatic heterocycles. The Balaban J connectivity index is 1.90. The van der Waals surface area contributed by atoms with Gasteiger partial charge in [0, 0.05) is 24.6 Å². The second-order valence-corrected chi connectivity index (χ2v) is 7.46. The van der Waals surface area contributed by atoms with Crippen LogP contribution in [-0.4, -0.2) is 24.0 Å². The third kappa shape index (κ3) is 2.75. The van der Waals surface area contributed by atoms with Crippen molar-refractivity contribution in [1.82, 2.24) is 4.90 Å². The molecule has 0 radical (unpaired) electrons. The molecule has 2 aliphatic rings. The van der Waals surface area contributed by atoms with Gasteiger partial charge in [-0.25, -0.2) is 0 Å². The smallest absolute Gasteiger partial charge is 0.310 e. The van der Waals surface area contributed by atoms with E-state index < -0.39 is 0 Å². The first-order chi connectivity index (χ1) is 12.6. The number of fused-ring (bicyclic) bond motifs is 2. The van der Waals surface area contributed by atoms with Crippen LogP contribution in [0.25, 0.3) is 11.1 Å². The highest BCUT2D eigenvalue weighted by molar-refractivity contribution is 5.84. The topological polar surface area (TPSA) is 29.5 Å². The lowest BCUT2D eigenvalue weighted by Gasteiger charge is -2.42. The highest BCUT2D eigenvalue weighted by Gasteiger charge is 2.35. The molecule has 0 spiro atoms. The van der Waals surface area contributed by atoms with E-state index in [1.165, 1.54) is 28.7 Å². The van der Waals surface area contributed by atoms with Crippen molar-refractivity contribution in [3.8, 4) is 16.9 Å². The zero-order valence-corrected chi connectivity index (χ0v) is 16.0. The van der Waals surface area contributed by atoms with Crippen LogP contribution in [0.1, 0.15) is 55.0 Å². The number of hydrogen-bond donors (Lipinski definition) is 0. The highest BCUT2D eigenvalue weighted by atomic mass is 16.5. The Bertz CT molecular complexity index is 856. The molecular formula is C23H27NO2. The van der Waals surface area contributed by atoms with Gasteiger partial charge in [0.25, 0.3) is 0 Å². The predicted molar refractivity (Wildman–Crippen MR) is 105 cm³/mol. The molecule has 3 nitrogen and oxygen atoms in total. The van der Waals surface area contributed by atoms with Crippen molar-refractivity contribution < 1.29 is 9.53 Å². The first kappa shape index (κ1) is 17.3. The van der Waals surface area contributed by atoms with Gasteiger partial charge in [0.2, 0.25) is 0 Å². The van der Waals surface area contributed by atoms with Crippen molar-refractivity contribution >= 4 is 5.97 Å². The monoisotopic (exact) mass is 349 g/mol. The number of hydrogen-bond acceptors (Lipinski definition) is 3. The van der Waals surface area contributed by atoms with Crippen molar-refractivity contribution in [2.45, 2.75) is 52.5 Å². The molecule has 0 N–H and O–H groups in total. The number of aryl methyl sites for hydroxylation is 1. The summed E-state index contributed by atoms with van der Waals surface area (Å²) in [4.78, 5) is 14.7. The summed E-state index contributed by atoms with van der Waals surface area (Å²) in [6, 6.07) is 11.4. The Morgan fingerprint density at radius 3 is 2.81 bits per heavy atom. The third-order valence-electron chi connectivity index (χ3n) is 5.78. The second kappa shape index (κ2) is 6.88. The van der Waals surface area contributed by atoms with Gasteiger partial charge < -0.3 is 4.74 Å². The Hall–Kier alpha value is -2.13. The molecule has 1 unspecified atom stereocenters. The van der Waals surface area contributed by atoms with Crippen molar-refractivity contribution in [1.29, 1.82) is 0 Å². The summed E-state index contributed by atoms with van der Waals surface area (Å²) in [5, 5.41) is 0. The van der Waals surface area contributed by atoms with E-state index >= 15 is 0 Å². The molecule has 0 fully saturated rings. The molecule has 3 heteroatoms. The van der Waals surface area contributed by atoms with Crippen LogP contribution in [0.4, 0.5) is 0 Å². The van der Waals surface area contributed by atoms with E-state index in [2.05, 4.69) is 42.2 Å². The molecule has 1 aliphatic heterocycles. The summed E-state index contributed by atoms with van der Waals surface area (Å²) < 4.78 is 5.80. The normalized spacial score (nSPS) is 18.2. The van der Waals surface area contributed by atoms with Crippen LogP contribution in [0.15, 0.2) is 30.3 Å². The Morgan fingerprint density at radius 1 is 1.19 bits per heavy atom. The summed E-state index contributed by atoms with van der Waals surface area (Å²) in [6.07, 6.45) is 3.66. The summed E-state index contributed by atoms with van der Waals surface area (Å²) >= 11 is 0. The van der Waals surface area contributed by atoms with Crippen molar-refractivity contribution in [2.75, 3.05) is 13.1 Å². The minimum Gasteiger partial charge on any atom is -0.426 e. The van der Waals surface area contributed by atoms with Crippen LogP contribution >= 0.6 is 0 Å². The molecule has 0 bridgehead atoms. The molecule has 0 saturated heterocycles. The fourth-order valence-electron chi connectivity index (χ4n) is 4.55. The number of esters is 1. The van der Waals surface area contributed by atoms with E-state index in [-0.39, 0.29) is 5.97 Å². The minimum atomic E-state index is -0.166. The third-order valence-corrected chi connectivity index (χ3v) is 5.78. The molecular weight excluding hydrogens is 322 g/mol. The van der Waals surface area contributed by atoms with E-state index in [4.69, 9.17) is 4.74 Å². The fraction of sp³-hybridized carbons (Fsp3) is 0.435. The van der Waals surface area contributed by atoms with Gasteiger partial charge in [-0.05, 0) is 60.5 Å². The number of carbonyl (C=O) groups is 1. The largest absolute Gasteiger partial charge is 0.426 e. The summed E-state index contributed by atoms with van der Waals surface area (Å²) in [5.74, 6) is 0.592. The van der Waals surface area contributed by atoms with Gasteiger partial charge in [0.15, 0.2) is 0 Å². The van der Waals surface area contributed by atoms with Gasteiger partial charge in [0.05, 0.1) is 0 Å². The second-order valence-electron chi connectivity index (χ2n) is 7.46. The van der Waals surface area contributed by atoms with E-state index in [1.807, 2.05) is 13.8 Å². The van der Waals surface area contributed by atoms with Gasteiger partial charge in [-0.1, -0.05) is 44.2 Å². The van der Waals surface area contributed by atoms with Crippen LogP contribution < -0.4 is 4.74 Å². The van der Waals surface area contributed by atoms with E-state index in [0.717, 1.165) is 42.8 Å². The quantitative estimate of drug-likeness (QED) is 0.584. The van der Waals surface area contributed by atoms with Gasteiger partial charge in [-0.2, -0.15) is 0 Å². The van der Waals surface area contributed by atoms with Crippen molar-refractivity contribution in [3.63, 3.8) is 0 Å². The number of rotatable bonds is 4. The standard InChI is InChI=1S/C23H27NO2/c1-4-12-24-13-11-16-7-6-8-18-21(16)19(24)14-17-10-9-15(3)23(22(17)18)26-20(25)5-2/h6-10,19H,4-5,11-14H2,1-3H3. The van der Waals surface area contributed by atoms with Gasteiger partial charge in [0.1, 0.15) is 5.75 Å². The lowest BCUT2D eigenvalue weighted by Crippen LogP contribution is -2.38. The van der Waals surface area contributed by atoms with Crippen molar-refractivity contribution in [2.24, 2.45) is 0 Å².